The van der Waals surface area contributed by atoms with Crippen LogP contribution in [0.25, 0.3) is 22.3 Å². The Bertz CT molecular complexity index is 1280. The van der Waals surface area contributed by atoms with Crippen molar-refractivity contribution in [1.29, 1.82) is 0 Å². The monoisotopic (exact) mass is 488 g/mol. The van der Waals surface area contributed by atoms with Crippen molar-refractivity contribution < 1.29 is 0 Å². The van der Waals surface area contributed by atoms with Crippen LogP contribution >= 0.6 is 15.9 Å². The minimum atomic E-state index is 0.192. The van der Waals surface area contributed by atoms with Crippen LogP contribution in [0.1, 0.15) is 28.2 Å². The van der Waals surface area contributed by atoms with Crippen LogP contribution in [-0.2, 0) is 5.33 Å². The highest BCUT2D eigenvalue weighted by Crippen LogP contribution is 2.37. The van der Waals surface area contributed by atoms with Crippen molar-refractivity contribution in [2.24, 2.45) is 0 Å². The molecule has 0 saturated heterocycles. The highest BCUT2D eigenvalue weighted by atomic mass is 79.9. The van der Waals surface area contributed by atoms with Crippen LogP contribution in [-0.4, -0.2) is 0 Å². The molecule has 0 fully saturated rings. The number of hydrogen-bond acceptors (Lipinski definition) is 0. The van der Waals surface area contributed by atoms with E-state index in [9.17, 15) is 0 Å². The van der Waals surface area contributed by atoms with Gasteiger partial charge in [0.05, 0.1) is 0 Å². The van der Waals surface area contributed by atoms with E-state index in [0.29, 0.717) is 0 Å². The lowest BCUT2D eigenvalue weighted by atomic mass is 9.83. The predicted molar refractivity (Wildman–Crippen MR) is 144 cm³/mol. The van der Waals surface area contributed by atoms with Crippen LogP contribution in [0.5, 0.6) is 0 Å². The molecule has 0 aromatic heterocycles. The van der Waals surface area contributed by atoms with Gasteiger partial charge < -0.3 is 0 Å². The summed E-state index contributed by atoms with van der Waals surface area (Å²) in [5, 5.41) is 0.872. The second kappa shape index (κ2) is 10.0. The van der Waals surface area contributed by atoms with Gasteiger partial charge in [0, 0.05) is 11.2 Å². The second-order valence-electron chi connectivity index (χ2n) is 8.26. The first-order chi connectivity index (χ1) is 16.3. The van der Waals surface area contributed by atoms with Crippen molar-refractivity contribution in [3.63, 3.8) is 0 Å². The highest BCUT2D eigenvalue weighted by Gasteiger charge is 2.17. The van der Waals surface area contributed by atoms with E-state index in [-0.39, 0.29) is 5.92 Å². The topological polar surface area (TPSA) is 0 Å². The Morgan fingerprint density at radius 3 is 1.55 bits per heavy atom. The fourth-order valence-electron chi connectivity index (χ4n) is 4.51. The number of hydrogen-bond donors (Lipinski definition) is 0. The molecule has 0 atom stereocenters. The minimum absolute atomic E-state index is 0.192. The lowest BCUT2D eigenvalue weighted by molar-refractivity contribution is 0.978. The van der Waals surface area contributed by atoms with E-state index in [2.05, 4.69) is 149 Å². The van der Waals surface area contributed by atoms with E-state index in [1.807, 2.05) is 0 Å². The van der Waals surface area contributed by atoms with Crippen LogP contribution in [0.2, 0.25) is 0 Å². The molecule has 5 aromatic rings. The molecular formula is C32H25Br. The summed E-state index contributed by atoms with van der Waals surface area (Å²) in [5.41, 5.74) is 10.2. The molecular weight excluding hydrogens is 464 g/mol. The molecule has 160 valence electrons. The molecule has 0 bridgehead atoms. The third kappa shape index (κ3) is 4.69. The van der Waals surface area contributed by atoms with Gasteiger partial charge in [-0.3, -0.25) is 0 Å². The molecule has 0 unspecified atom stereocenters. The van der Waals surface area contributed by atoms with Crippen LogP contribution in [0.3, 0.4) is 0 Å². The zero-order valence-electron chi connectivity index (χ0n) is 18.4. The average molecular weight is 489 g/mol. The highest BCUT2D eigenvalue weighted by molar-refractivity contribution is 9.08. The van der Waals surface area contributed by atoms with Crippen molar-refractivity contribution in [3.8, 4) is 22.3 Å². The lowest BCUT2D eigenvalue weighted by Gasteiger charge is -2.20. The number of alkyl halides is 1. The number of benzene rings is 5. The van der Waals surface area contributed by atoms with Gasteiger partial charge >= 0.3 is 0 Å². The van der Waals surface area contributed by atoms with E-state index in [1.54, 1.807) is 0 Å². The Hall–Kier alpha value is -3.42. The van der Waals surface area contributed by atoms with Crippen LogP contribution in [0, 0.1) is 0 Å². The van der Waals surface area contributed by atoms with Crippen molar-refractivity contribution >= 4 is 15.9 Å². The zero-order chi connectivity index (χ0) is 22.5. The molecule has 1 heteroatoms. The van der Waals surface area contributed by atoms with Gasteiger partial charge in [-0.05, 0) is 44.5 Å². The summed E-state index contributed by atoms with van der Waals surface area (Å²) < 4.78 is 0. The maximum absolute atomic E-state index is 3.55. The summed E-state index contributed by atoms with van der Waals surface area (Å²) in [6, 6.07) is 48.1. The van der Waals surface area contributed by atoms with Crippen LogP contribution in [0.4, 0.5) is 0 Å². The van der Waals surface area contributed by atoms with Crippen molar-refractivity contribution in [2.45, 2.75) is 11.2 Å². The second-order valence-corrected chi connectivity index (χ2v) is 8.82. The summed E-state index contributed by atoms with van der Waals surface area (Å²) in [6.07, 6.45) is 0. The molecule has 0 saturated carbocycles. The Labute approximate surface area is 204 Å². The predicted octanol–water partition coefficient (Wildman–Crippen LogP) is 9.10. The molecule has 0 amide bonds. The molecule has 0 aliphatic heterocycles. The fraction of sp³-hybridized carbons (Fsp3) is 0.0625. The Morgan fingerprint density at radius 1 is 0.455 bits per heavy atom. The summed E-state index contributed by atoms with van der Waals surface area (Å²) in [7, 11) is 0. The maximum atomic E-state index is 3.55. The average Bonchev–Trinajstić information content (AvgIpc) is 2.90. The van der Waals surface area contributed by atoms with Crippen LogP contribution < -0.4 is 0 Å². The molecule has 5 rings (SSSR count). The number of halogens is 1. The standard InChI is InChI=1S/C32H25Br/c33-23-24-18-20-25(21-19-24)30-16-7-8-17-31(30)28-14-9-15-29(22-28)32(26-10-3-1-4-11-26)27-12-5-2-6-13-27/h1-22,32H,23H2. The molecule has 33 heavy (non-hydrogen) atoms. The maximum Gasteiger partial charge on any atom is 0.0340 e. The molecule has 0 radical (unpaired) electrons. The molecule has 5 aromatic carbocycles. The summed E-state index contributed by atoms with van der Waals surface area (Å²) >= 11 is 3.55. The zero-order valence-corrected chi connectivity index (χ0v) is 20.0. The lowest BCUT2D eigenvalue weighted by Crippen LogP contribution is -2.03. The van der Waals surface area contributed by atoms with Crippen molar-refractivity contribution in [1.82, 2.24) is 0 Å². The van der Waals surface area contributed by atoms with Crippen molar-refractivity contribution in [2.75, 3.05) is 0 Å². The Kier molecular flexibility index (Phi) is 6.51. The first kappa shape index (κ1) is 21.4. The first-order valence-electron chi connectivity index (χ1n) is 11.3. The normalized spacial score (nSPS) is 11.0. The van der Waals surface area contributed by atoms with Gasteiger partial charge in [-0.15, -0.1) is 0 Å². The van der Waals surface area contributed by atoms with Gasteiger partial charge in [-0.25, -0.2) is 0 Å². The van der Waals surface area contributed by atoms with E-state index >= 15 is 0 Å². The smallest absolute Gasteiger partial charge is 0.0340 e. The number of rotatable bonds is 6. The molecule has 0 nitrogen and oxygen atoms in total. The van der Waals surface area contributed by atoms with E-state index in [4.69, 9.17) is 0 Å². The summed E-state index contributed by atoms with van der Waals surface area (Å²) in [4.78, 5) is 0. The fourth-order valence-corrected chi connectivity index (χ4v) is 4.89. The van der Waals surface area contributed by atoms with E-state index in [1.165, 1.54) is 44.5 Å². The first-order valence-corrected chi connectivity index (χ1v) is 12.4. The SMILES string of the molecule is BrCc1ccc(-c2ccccc2-c2cccc(C(c3ccccc3)c3ccccc3)c2)cc1. The molecule has 0 heterocycles. The Balaban J connectivity index is 1.61. The van der Waals surface area contributed by atoms with Crippen molar-refractivity contribution in [3.05, 3.63) is 156 Å². The van der Waals surface area contributed by atoms with Crippen LogP contribution in [0.15, 0.2) is 133 Å². The van der Waals surface area contributed by atoms with E-state index < -0.39 is 0 Å². The molecule has 0 N–H and O–H groups in total. The summed E-state index contributed by atoms with van der Waals surface area (Å²) in [5.74, 6) is 0.192. The van der Waals surface area contributed by atoms with E-state index in [0.717, 1.165) is 5.33 Å². The minimum Gasteiger partial charge on any atom is -0.0876 e. The van der Waals surface area contributed by atoms with Gasteiger partial charge in [0.25, 0.3) is 0 Å². The van der Waals surface area contributed by atoms with Gasteiger partial charge in [0.1, 0.15) is 0 Å². The third-order valence-electron chi connectivity index (χ3n) is 6.14. The van der Waals surface area contributed by atoms with Gasteiger partial charge in [0.2, 0.25) is 0 Å². The molecule has 0 aliphatic carbocycles. The van der Waals surface area contributed by atoms with Gasteiger partial charge in [-0.2, -0.15) is 0 Å². The quantitative estimate of drug-likeness (QED) is 0.165. The summed E-state index contributed by atoms with van der Waals surface area (Å²) in [6.45, 7) is 0. The van der Waals surface area contributed by atoms with Gasteiger partial charge in [0.15, 0.2) is 0 Å². The Morgan fingerprint density at radius 2 is 0.970 bits per heavy atom. The van der Waals surface area contributed by atoms with Gasteiger partial charge in [-0.1, -0.05) is 149 Å². The largest absolute Gasteiger partial charge is 0.0876 e. The molecule has 0 aliphatic rings. The third-order valence-corrected chi connectivity index (χ3v) is 6.79. The molecule has 0 spiro atoms.